The van der Waals surface area contributed by atoms with Gasteiger partial charge in [-0.25, -0.2) is 0 Å². The molecule has 0 bridgehead atoms. The fourth-order valence-electron chi connectivity index (χ4n) is 3.49. The Morgan fingerprint density at radius 3 is 2.55 bits per heavy atom. The molecule has 0 saturated carbocycles. The van der Waals surface area contributed by atoms with Gasteiger partial charge in [0.1, 0.15) is 0 Å². The monoisotopic (exact) mass is 398 g/mol. The summed E-state index contributed by atoms with van der Waals surface area (Å²) >= 11 is 0. The largest absolute Gasteiger partial charge is 0.336 e. The van der Waals surface area contributed by atoms with E-state index in [1.165, 1.54) is 4.90 Å². The second kappa shape index (κ2) is 10.2. The van der Waals surface area contributed by atoms with Crippen molar-refractivity contribution in [2.45, 2.75) is 60.4 Å². The number of benzene rings is 1. The second-order valence-corrected chi connectivity index (χ2v) is 8.03. The zero-order valence-corrected chi connectivity index (χ0v) is 18.6. The van der Waals surface area contributed by atoms with Crippen LogP contribution in [0.3, 0.4) is 0 Å². The maximum absolute atomic E-state index is 12.6. The Hall–Kier alpha value is -2.63. The van der Waals surface area contributed by atoms with Crippen LogP contribution in [0.1, 0.15) is 49.7 Å². The van der Waals surface area contributed by atoms with Gasteiger partial charge in [0.05, 0.1) is 12.2 Å². The van der Waals surface area contributed by atoms with Crippen molar-refractivity contribution in [1.29, 1.82) is 0 Å². The number of hydrogen-bond donors (Lipinski definition) is 1. The van der Waals surface area contributed by atoms with Gasteiger partial charge in [-0.2, -0.15) is 5.10 Å². The zero-order valence-electron chi connectivity index (χ0n) is 18.6. The van der Waals surface area contributed by atoms with E-state index in [0.717, 1.165) is 41.2 Å². The first-order valence-corrected chi connectivity index (χ1v) is 10.4. The van der Waals surface area contributed by atoms with Gasteiger partial charge in [-0.05, 0) is 49.8 Å². The van der Waals surface area contributed by atoms with Crippen LogP contribution < -0.4 is 5.32 Å². The number of aryl methyl sites for hydroxylation is 2. The van der Waals surface area contributed by atoms with Crippen LogP contribution in [0, 0.1) is 19.8 Å². The third-order valence-corrected chi connectivity index (χ3v) is 5.14. The smallest absolute Gasteiger partial charge is 0.243 e. The number of nitrogens with one attached hydrogen (secondary N) is 1. The van der Waals surface area contributed by atoms with E-state index in [4.69, 9.17) is 0 Å². The maximum Gasteiger partial charge on any atom is 0.243 e. The van der Waals surface area contributed by atoms with Crippen molar-refractivity contribution in [3.8, 4) is 0 Å². The summed E-state index contributed by atoms with van der Waals surface area (Å²) in [6.45, 7) is 11.4. The number of carbonyl (C=O) groups excluding carboxylic acids is 2. The van der Waals surface area contributed by atoms with Crippen LogP contribution in [0.2, 0.25) is 0 Å². The van der Waals surface area contributed by atoms with Crippen molar-refractivity contribution in [2.75, 3.05) is 18.9 Å². The molecule has 0 fully saturated rings. The lowest BCUT2D eigenvalue weighted by Gasteiger charge is -2.18. The Morgan fingerprint density at radius 2 is 1.90 bits per heavy atom. The number of hydrogen-bond acceptors (Lipinski definition) is 3. The highest BCUT2D eigenvalue weighted by molar-refractivity contribution is 5.95. The highest BCUT2D eigenvalue weighted by Crippen LogP contribution is 2.17. The molecule has 0 spiro atoms. The molecule has 6 nitrogen and oxygen atoms in total. The number of likely N-dealkylation sites (N-methyl/N-ethyl adjacent to an activating group) is 1. The number of nitrogens with zero attached hydrogens (tertiary/aromatic N) is 3. The number of aromatic nitrogens is 2. The van der Waals surface area contributed by atoms with E-state index >= 15 is 0 Å². The van der Waals surface area contributed by atoms with Gasteiger partial charge in [-0.3, -0.25) is 14.3 Å². The Balaban J connectivity index is 1.91. The summed E-state index contributed by atoms with van der Waals surface area (Å²) in [6, 6.07) is 7.73. The zero-order chi connectivity index (χ0) is 21.6. The number of rotatable bonds is 9. The molecule has 6 heteroatoms. The fraction of sp³-hybridized carbons (Fsp3) is 0.522. The van der Waals surface area contributed by atoms with Crippen LogP contribution in [-0.4, -0.2) is 40.1 Å². The van der Waals surface area contributed by atoms with Crippen LogP contribution >= 0.6 is 0 Å². The molecule has 1 heterocycles. The molecule has 158 valence electrons. The van der Waals surface area contributed by atoms with Gasteiger partial charge < -0.3 is 10.2 Å². The molecule has 0 radical (unpaired) electrons. The van der Waals surface area contributed by atoms with Crippen molar-refractivity contribution in [3.63, 3.8) is 0 Å². The molecule has 1 aromatic carbocycles. The normalized spacial score (nSPS) is 11.0. The molecule has 2 amide bonds. The Morgan fingerprint density at radius 1 is 1.21 bits per heavy atom. The van der Waals surface area contributed by atoms with Gasteiger partial charge in [-0.1, -0.05) is 39.0 Å². The van der Waals surface area contributed by atoms with Gasteiger partial charge in [-0.15, -0.1) is 0 Å². The summed E-state index contributed by atoms with van der Waals surface area (Å²) in [6.07, 6.45) is 1.85. The van der Waals surface area contributed by atoms with Crippen molar-refractivity contribution in [3.05, 3.63) is 46.8 Å². The number of carbonyl (C=O) groups is 2. The van der Waals surface area contributed by atoms with E-state index in [0.29, 0.717) is 18.8 Å². The van der Waals surface area contributed by atoms with Crippen molar-refractivity contribution < 1.29 is 9.59 Å². The predicted molar refractivity (Wildman–Crippen MR) is 117 cm³/mol. The average molecular weight is 399 g/mol. The fourth-order valence-corrected chi connectivity index (χ4v) is 3.49. The van der Waals surface area contributed by atoms with Gasteiger partial charge in [0, 0.05) is 31.4 Å². The summed E-state index contributed by atoms with van der Waals surface area (Å²) in [7, 11) is 1.68. The van der Waals surface area contributed by atoms with E-state index in [2.05, 4.69) is 31.2 Å². The molecular formula is C23H34N4O2. The minimum Gasteiger partial charge on any atom is -0.336 e. The first-order chi connectivity index (χ1) is 13.7. The SMILES string of the molecule is CCc1ccccc1NC(=O)CN(C)C(=O)CCc1c(C)nn(CC(C)C)c1C. The molecule has 0 saturated heterocycles. The highest BCUT2D eigenvalue weighted by atomic mass is 16.2. The van der Waals surface area contributed by atoms with Gasteiger partial charge >= 0.3 is 0 Å². The molecule has 0 aliphatic carbocycles. The van der Waals surface area contributed by atoms with Crippen molar-refractivity contribution in [2.24, 2.45) is 5.92 Å². The van der Waals surface area contributed by atoms with Gasteiger partial charge in [0.2, 0.25) is 11.8 Å². The third-order valence-electron chi connectivity index (χ3n) is 5.14. The molecule has 1 aromatic heterocycles. The van der Waals surface area contributed by atoms with E-state index in [1.807, 2.05) is 42.8 Å². The second-order valence-electron chi connectivity index (χ2n) is 8.03. The minimum absolute atomic E-state index is 0.0423. The molecule has 1 N–H and O–H groups in total. The average Bonchev–Trinajstić information content (AvgIpc) is 2.92. The van der Waals surface area contributed by atoms with Crippen LogP contribution in [0.15, 0.2) is 24.3 Å². The molecule has 0 aliphatic rings. The standard InChI is InChI=1S/C23H34N4O2/c1-7-19-10-8-9-11-21(19)24-22(28)15-26(6)23(29)13-12-20-17(4)25-27(18(20)5)14-16(2)3/h8-11,16H,7,12-15H2,1-6H3,(H,24,28). The predicted octanol–water partition coefficient (Wildman–Crippen LogP) is 3.75. The Kier molecular flexibility index (Phi) is 8.00. The van der Waals surface area contributed by atoms with Crippen molar-refractivity contribution in [1.82, 2.24) is 14.7 Å². The Bertz CT molecular complexity index is 855. The molecule has 0 aliphatic heterocycles. The van der Waals surface area contributed by atoms with Gasteiger partial charge in [0.15, 0.2) is 0 Å². The quantitative estimate of drug-likeness (QED) is 0.699. The lowest BCUT2D eigenvalue weighted by molar-refractivity contribution is -0.133. The number of para-hydroxylation sites is 1. The summed E-state index contributed by atoms with van der Waals surface area (Å²) in [5.74, 6) is 0.295. The van der Waals surface area contributed by atoms with E-state index in [-0.39, 0.29) is 18.4 Å². The van der Waals surface area contributed by atoms with E-state index in [1.54, 1.807) is 7.05 Å². The molecule has 29 heavy (non-hydrogen) atoms. The number of amides is 2. The Labute approximate surface area is 174 Å². The van der Waals surface area contributed by atoms with E-state index < -0.39 is 0 Å². The molecule has 0 atom stereocenters. The summed E-state index contributed by atoms with van der Waals surface area (Å²) in [5.41, 5.74) is 5.13. The third kappa shape index (κ3) is 6.17. The molecular weight excluding hydrogens is 364 g/mol. The van der Waals surface area contributed by atoms with Crippen molar-refractivity contribution >= 4 is 17.5 Å². The lowest BCUT2D eigenvalue weighted by Crippen LogP contribution is -2.35. The summed E-state index contributed by atoms with van der Waals surface area (Å²) < 4.78 is 2.03. The van der Waals surface area contributed by atoms with Crippen LogP contribution in [0.25, 0.3) is 0 Å². The molecule has 2 rings (SSSR count). The molecule has 0 unspecified atom stereocenters. The van der Waals surface area contributed by atoms with E-state index in [9.17, 15) is 9.59 Å². The van der Waals surface area contributed by atoms with Gasteiger partial charge in [0.25, 0.3) is 0 Å². The molecule has 2 aromatic rings. The summed E-state index contributed by atoms with van der Waals surface area (Å²) in [4.78, 5) is 26.4. The first kappa shape index (κ1) is 22.7. The van der Waals surface area contributed by atoms with Crippen LogP contribution in [-0.2, 0) is 29.0 Å². The lowest BCUT2D eigenvalue weighted by atomic mass is 10.1. The number of anilines is 1. The van der Waals surface area contributed by atoms with Crippen LogP contribution in [0.4, 0.5) is 5.69 Å². The minimum atomic E-state index is -0.182. The topological polar surface area (TPSA) is 67.2 Å². The maximum atomic E-state index is 12.6. The van der Waals surface area contributed by atoms with Crippen LogP contribution in [0.5, 0.6) is 0 Å². The summed E-state index contributed by atoms with van der Waals surface area (Å²) in [5, 5.41) is 7.53. The highest BCUT2D eigenvalue weighted by Gasteiger charge is 2.17. The first-order valence-electron chi connectivity index (χ1n) is 10.4.